The molecule has 5 heteroatoms. The van der Waals surface area contributed by atoms with Gasteiger partial charge in [0.2, 0.25) is 0 Å². The third-order valence-electron chi connectivity index (χ3n) is 4.95. The maximum Gasteiger partial charge on any atom is 0.313 e. The average Bonchev–Trinajstić information content (AvgIpc) is 3.11. The predicted octanol–water partition coefficient (Wildman–Crippen LogP) is 1.68. The lowest BCUT2D eigenvalue weighted by atomic mass is 9.81. The molecule has 3 rings (SSSR count). The van der Waals surface area contributed by atoms with Crippen molar-refractivity contribution in [3.05, 3.63) is 18.0 Å². The van der Waals surface area contributed by atoms with Crippen LogP contribution in [0.5, 0.6) is 0 Å². The molecule has 110 valence electrons. The lowest BCUT2D eigenvalue weighted by Crippen LogP contribution is -2.36. The number of fused-ring (bicyclic) bond motifs is 1. The number of rotatable bonds is 4. The van der Waals surface area contributed by atoms with E-state index in [1.807, 2.05) is 10.9 Å². The second-order valence-corrected chi connectivity index (χ2v) is 6.11. The Morgan fingerprint density at radius 3 is 3.15 bits per heavy atom. The molecule has 0 bridgehead atoms. The zero-order valence-electron chi connectivity index (χ0n) is 12.3. The standard InChI is InChI=1S/C15H23N3O2/c1-3-18-9-12(7-16-18)8-17-10-13-5-4-6-15(13,11-17)14(19)20-2/h7,9,13H,3-6,8,10-11H2,1-2H3/t13-,15+/m0/s1. The molecule has 1 saturated carbocycles. The number of nitrogens with zero attached hydrogens (tertiary/aromatic N) is 3. The number of esters is 1. The number of hydrogen-bond acceptors (Lipinski definition) is 4. The van der Waals surface area contributed by atoms with Crippen molar-refractivity contribution in [3.63, 3.8) is 0 Å². The summed E-state index contributed by atoms with van der Waals surface area (Å²) in [6, 6.07) is 0. The molecule has 1 aliphatic heterocycles. The number of aromatic nitrogens is 2. The van der Waals surface area contributed by atoms with E-state index in [0.717, 1.165) is 45.4 Å². The summed E-state index contributed by atoms with van der Waals surface area (Å²) in [5, 5.41) is 4.32. The molecule has 2 fully saturated rings. The van der Waals surface area contributed by atoms with Gasteiger partial charge in [0.15, 0.2) is 0 Å². The summed E-state index contributed by atoms with van der Waals surface area (Å²) in [6.07, 6.45) is 7.32. The van der Waals surface area contributed by atoms with E-state index in [0.29, 0.717) is 5.92 Å². The highest BCUT2D eigenvalue weighted by atomic mass is 16.5. The number of ether oxygens (including phenoxy) is 1. The highest BCUT2D eigenvalue weighted by Gasteiger charge is 2.55. The highest BCUT2D eigenvalue weighted by Crippen LogP contribution is 2.49. The van der Waals surface area contributed by atoms with Crippen LogP contribution in [0.25, 0.3) is 0 Å². The topological polar surface area (TPSA) is 47.4 Å². The molecule has 1 aromatic rings. The number of aryl methyl sites for hydroxylation is 1. The van der Waals surface area contributed by atoms with Gasteiger partial charge < -0.3 is 4.74 Å². The van der Waals surface area contributed by atoms with E-state index in [9.17, 15) is 4.79 Å². The zero-order chi connectivity index (χ0) is 14.2. The molecule has 2 atom stereocenters. The van der Waals surface area contributed by atoms with Crippen molar-refractivity contribution in [2.75, 3.05) is 20.2 Å². The van der Waals surface area contributed by atoms with Crippen molar-refractivity contribution in [2.24, 2.45) is 11.3 Å². The van der Waals surface area contributed by atoms with Gasteiger partial charge in [0.05, 0.1) is 18.7 Å². The van der Waals surface area contributed by atoms with Crippen LogP contribution in [0.3, 0.4) is 0 Å². The molecule has 0 aromatic carbocycles. The predicted molar refractivity (Wildman–Crippen MR) is 75.0 cm³/mol. The number of carbonyl (C=O) groups is 1. The van der Waals surface area contributed by atoms with Crippen molar-refractivity contribution in [1.82, 2.24) is 14.7 Å². The van der Waals surface area contributed by atoms with Crippen LogP contribution in [0.1, 0.15) is 31.7 Å². The van der Waals surface area contributed by atoms with Gasteiger partial charge in [-0.2, -0.15) is 5.10 Å². The first kappa shape index (κ1) is 13.6. The molecule has 2 aliphatic rings. The van der Waals surface area contributed by atoms with E-state index in [1.165, 1.54) is 12.7 Å². The van der Waals surface area contributed by atoms with Gasteiger partial charge in [-0.3, -0.25) is 14.4 Å². The smallest absolute Gasteiger partial charge is 0.313 e. The maximum absolute atomic E-state index is 12.2. The second-order valence-electron chi connectivity index (χ2n) is 6.11. The van der Waals surface area contributed by atoms with Crippen molar-refractivity contribution in [2.45, 2.75) is 39.3 Å². The lowest BCUT2D eigenvalue weighted by Gasteiger charge is -2.25. The minimum atomic E-state index is -0.241. The summed E-state index contributed by atoms with van der Waals surface area (Å²) >= 11 is 0. The first-order valence-corrected chi connectivity index (χ1v) is 7.50. The van der Waals surface area contributed by atoms with Crippen molar-refractivity contribution < 1.29 is 9.53 Å². The molecule has 1 saturated heterocycles. The summed E-state index contributed by atoms with van der Waals surface area (Å²) in [4.78, 5) is 14.6. The number of hydrogen-bond donors (Lipinski definition) is 0. The van der Waals surface area contributed by atoms with E-state index < -0.39 is 0 Å². The SMILES string of the molecule is CCn1cc(CN2C[C@@H]3CCC[C@@]3(C(=O)OC)C2)cn1. The van der Waals surface area contributed by atoms with Gasteiger partial charge >= 0.3 is 5.97 Å². The van der Waals surface area contributed by atoms with Crippen LogP contribution in [0.2, 0.25) is 0 Å². The fraction of sp³-hybridized carbons (Fsp3) is 0.733. The Hall–Kier alpha value is -1.36. The Morgan fingerprint density at radius 2 is 2.45 bits per heavy atom. The van der Waals surface area contributed by atoms with Crippen LogP contribution in [0, 0.1) is 11.3 Å². The molecule has 0 unspecified atom stereocenters. The molecule has 0 amide bonds. The van der Waals surface area contributed by atoms with Crippen LogP contribution in [-0.2, 0) is 22.6 Å². The fourth-order valence-electron chi connectivity index (χ4n) is 3.97. The first-order chi connectivity index (χ1) is 9.68. The Kier molecular flexibility index (Phi) is 3.54. The van der Waals surface area contributed by atoms with Crippen LogP contribution in [0.15, 0.2) is 12.4 Å². The average molecular weight is 277 g/mol. The van der Waals surface area contributed by atoms with Crippen molar-refractivity contribution in [3.8, 4) is 0 Å². The first-order valence-electron chi connectivity index (χ1n) is 7.50. The van der Waals surface area contributed by atoms with Gasteiger partial charge in [0.1, 0.15) is 0 Å². The van der Waals surface area contributed by atoms with Crippen LogP contribution in [-0.4, -0.2) is 40.8 Å². The fourth-order valence-corrected chi connectivity index (χ4v) is 3.97. The number of likely N-dealkylation sites (tertiary alicyclic amines) is 1. The molecular weight excluding hydrogens is 254 g/mol. The maximum atomic E-state index is 12.2. The molecule has 0 N–H and O–H groups in total. The molecule has 20 heavy (non-hydrogen) atoms. The highest BCUT2D eigenvalue weighted by molar-refractivity contribution is 5.78. The van der Waals surface area contributed by atoms with Crippen LogP contribution < -0.4 is 0 Å². The summed E-state index contributed by atoms with van der Waals surface area (Å²) in [5.41, 5.74) is 0.988. The summed E-state index contributed by atoms with van der Waals surface area (Å²) in [6.45, 7) is 5.71. The van der Waals surface area contributed by atoms with Gasteiger partial charge in [-0.1, -0.05) is 6.42 Å². The van der Waals surface area contributed by atoms with Gasteiger partial charge in [-0.25, -0.2) is 0 Å². The molecule has 1 aliphatic carbocycles. The lowest BCUT2D eigenvalue weighted by molar-refractivity contribution is -0.153. The Balaban J connectivity index is 1.70. The van der Waals surface area contributed by atoms with E-state index in [-0.39, 0.29) is 11.4 Å². The Labute approximate surface area is 119 Å². The Morgan fingerprint density at radius 1 is 1.60 bits per heavy atom. The van der Waals surface area contributed by atoms with Crippen LogP contribution in [0.4, 0.5) is 0 Å². The summed E-state index contributed by atoms with van der Waals surface area (Å²) in [5.74, 6) is 0.461. The molecule has 0 radical (unpaired) electrons. The Bertz CT molecular complexity index is 499. The zero-order valence-corrected chi connectivity index (χ0v) is 12.3. The second kappa shape index (κ2) is 5.20. The molecule has 0 spiro atoms. The minimum absolute atomic E-state index is 0.00764. The van der Waals surface area contributed by atoms with E-state index in [2.05, 4.69) is 23.1 Å². The van der Waals surface area contributed by atoms with E-state index >= 15 is 0 Å². The minimum Gasteiger partial charge on any atom is -0.469 e. The monoisotopic (exact) mass is 277 g/mol. The summed E-state index contributed by atoms with van der Waals surface area (Å²) < 4.78 is 7.02. The van der Waals surface area contributed by atoms with E-state index in [1.54, 1.807) is 0 Å². The normalized spacial score (nSPS) is 29.6. The van der Waals surface area contributed by atoms with Crippen molar-refractivity contribution in [1.29, 1.82) is 0 Å². The van der Waals surface area contributed by atoms with Gasteiger partial charge in [-0.05, 0) is 25.7 Å². The number of methoxy groups -OCH3 is 1. The quantitative estimate of drug-likeness (QED) is 0.786. The summed E-state index contributed by atoms with van der Waals surface area (Å²) in [7, 11) is 1.51. The van der Waals surface area contributed by atoms with Gasteiger partial charge in [0.25, 0.3) is 0 Å². The van der Waals surface area contributed by atoms with Gasteiger partial charge in [-0.15, -0.1) is 0 Å². The molecule has 2 heterocycles. The van der Waals surface area contributed by atoms with Gasteiger partial charge in [0, 0.05) is 37.9 Å². The van der Waals surface area contributed by atoms with E-state index in [4.69, 9.17) is 4.74 Å². The third kappa shape index (κ3) is 2.14. The third-order valence-corrected chi connectivity index (χ3v) is 4.95. The molecule has 5 nitrogen and oxygen atoms in total. The largest absolute Gasteiger partial charge is 0.469 e. The van der Waals surface area contributed by atoms with Crippen LogP contribution >= 0.6 is 0 Å². The number of carbonyl (C=O) groups excluding carboxylic acids is 1. The van der Waals surface area contributed by atoms with Crippen molar-refractivity contribution >= 4 is 5.97 Å². The molecular formula is C15H23N3O2. The molecule has 1 aromatic heterocycles.